The minimum absolute atomic E-state index is 0.276. The molecule has 0 aliphatic carbocycles. The maximum Gasteiger partial charge on any atom is 0.338 e. The Balaban J connectivity index is 1.73. The van der Waals surface area contributed by atoms with E-state index in [2.05, 4.69) is 10.2 Å². The van der Waals surface area contributed by atoms with Crippen LogP contribution in [0.1, 0.15) is 35.2 Å². The predicted molar refractivity (Wildman–Crippen MR) is 75.4 cm³/mol. The average Bonchev–Trinajstić information content (AvgIpc) is 2.44. The summed E-state index contributed by atoms with van der Waals surface area (Å²) in [6.07, 6.45) is 3.89. The molecule has 0 amide bonds. The molecule has 1 fully saturated rings. The van der Waals surface area contributed by atoms with E-state index in [1.165, 1.54) is 44.5 Å². The third kappa shape index (κ3) is 4.28. The lowest BCUT2D eigenvalue weighted by Crippen LogP contribution is -2.35. The lowest BCUT2D eigenvalue weighted by molar-refractivity contribution is 0.0692. The van der Waals surface area contributed by atoms with Gasteiger partial charge in [0.05, 0.1) is 5.56 Å². The molecule has 0 radical (unpaired) electrons. The lowest BCUT2D eigenvalue weighted by atomic mass is 10.1. The Kier molecular flexibility index (Phi) is 5.49. The Morgan fingerprint density at radius 1 is 1.30 bits per heavy atom. The van der Waals surface area contributed by atoms with E-state index in [4.69, 9.17) is 5.11 Å². The summed E-state index contributed by atoms with van der Waals surface area (Å²) in [7, 11) is 0. The first-order valence-corrected chi connectivity index (χ1v) is 7.11. The predicted octanol–water partition coefficient (Wildman–Crippen LogP) is 2.10. The summed E-state index contributed by atoms with van der Waals surface area (Å²) >= 11 is 0. The number of carbonyl (C=O) groups is 1. The highest BCUT2D eigenvalue weighted by molar-refractivity contribution is 5.87. The van der Waals surface area contributed by atoms with E-state index < -0.39 is 11.8 Å². The van der Waals surface area contributed by atoms with Crippen LogP contribution >= 0.6 is 0 Å². The zero-order valence-corrected chi connectivity index (χ0v) is 11.6. The highest BCUT2D eigenvalue weighted by Crippen LogP contribution is 2.11. The molecular formula is C15H21FN2O2. The molecule has 0 unspecified atom stereocenters. The van der Waals surface area contributed by atoms with Gasteiger partial charge in [-0.1, -0.05) is 12.5 Å². The molecule has 1 aliphatic heterocycles. The van der Waals surface area contributed by atoms with E-state index in [0.717, 1.165) is 18.7 Å². The van der Waals surface area contributed by atoms with Crippen LogP contribution in [0.4, 0.5) is 4.39 Å². The Labute approximate surface area is 118 Å². The molecule has 0 saturated carbocycles. The van der Waals surface area contributed by atoms with Gasteiger partial charge in [-0.05, 0) is 43.6 Å². The third-order valence-electron chi connectivity index (χ3n) is 3.65. The maximum atomic E-state index is 13.5. The molecule has 0 spiro atoms. The van der Waals surface area contributed by atoms with Gasteiger partial charge in [-0.2, -0.15) is 0 Å². The van der Waals surface area contributed by atoms with Crippen molar-refractivity contribution in [3.63, 3.8) is 0 Å². The van der Waals surface area contributed by atoms with E-state index in [1.54, 1.807) is 6.07 Å². The first-order chi connectivity index (χ1) is 9.66. The normalized spacial score (nSPS) is 16.2. The number of likely N-dealkylation sites (tertiary alicyclic amines) is 1. The van der Waals surface area contributed by atoms with Crippen LogP contribution in [0.5, 0.6) is 0 Å². The van der Waals surface area contributed by atoms with Crippen LogP contribution in [0, 0.1) is 5.82 Å². The van der Waals surface area contributed by atoms with Crippen LogP contribution in [-0.2, 0) is 6.54 Å². The van der Waals surface area contributed by atoms with Crippen molar-refractivity contribution in [2.75, 3.05) is 26.2 Å². The van der Waals surface area contributed by atoms with Crippen molar-refractivity contribution < 1.29 is 14.3 Å². The van der Waals surface area contributed by atoms with Gasteiger partial charge in [0.25, 0.3) is 0 Å². The zero-order valence-electron chi connectivity index (χ0n) is 11.6. The van der Waals surface area contributed by atoms with E-state index >= 15 is 0 Å². The third-order valence-corrected chi connectivity index (χ3v) is 3.65. The Bertz CT molecular complexity index is 459. The van der Waals surface area contributed by atoms with E-state index in [9.17, 15) is 9.18 Å². The van der Waals surface area contributed by atoms with Gasteiger partial charge in [0.2, 0.25) is 0 Å². The number of benzene rings is 1. The van der Waals surface area contributed by atoms with Gasteiger partial charge in [-0.15, -0.1) is 0 Å². The number of halogens is 1. The van der Waals surface area contributed by atoms with E-state index in [-0.39, 0.29) is 5.56 Å². The second kappa shape index (κ2) is 7.36. The molecule has 1 aromatic rings. The smallest absolute Gasteiger partial charge is 0.338 e. The fourth-order valence-electron chi connectivity index (χ4n) is 2.49. The van der Waals surface area contributed by atoms with Gasteiger partial charge >= 0.3 is 5.97 Å². The number of nitrogens with one attached hydrogen (secondary N) is 1. The first kappa shape index (κ1) is 14.9. The number of hydrogen-bond acceptors (Lipinski definition) is 3. The molecule has 1 aromatic carbocycles. The van der Waals surface area contributed by atoms with Crippen molar-refractivity contribution >= 4 is 5.97 Å². The van der Waals surface area contributed by atoms with Crippen molar-refractivity contribution in [1.29, 1.82) is 0 Å². The molecule has 0 atom stereocenters. The number of hydrogen-bond donors (Lipinski definition) is 2. The number of rotatable bonds is 6. The molecule has 0 bridgehead atoms. The van der Waals surface area contributed by atoms with Gasteiger partial charge in [0.15, 0.2) is 0 Å². The zero-order chi connectivity index (χ0) is 14.4. The van der Waals surface area contributed by atoms with Crippen molar-refractivity contribution in [3.8, 4) is 0 Å². The van der Waals surface area contributed by atoms with Gasteiger partial charge in [-0.25, -0.2) is 9.18 Å². The summed E-state index contributed by atoms with van der Waals surface area (Å²) in [6, 6.07) is 4.26. The molecule has 2 rings (SSSR count). The minimum atomic E-state index is -1.23. The summed E-state index contributed by atoms with van der Waals surface area (Å²) in [5, 5.41) is 12.0. The SMILES string of the molecule is O=C(O)c1ccc(CNCCN2CCCCC2)cc1F. The molecule has 4 nitrogen and oxygen atoms in total. The Morgan fingerprint density at radius 2 is 2.05 bits per heavy atom. The molecule has 1 aliphatic rings. The number of carboxylic acids is 1. The van der Waals surface area contributed by atoms with Crippen molar-refractivity contribution in [2.45, 2.75) is 25.8 Å². The molecule has 5 heteroatoms. The minimum Gasteiger partial charge on any atom is -0.478 e. The quantitative estimate of drug-likeness (QED) is 0.784. The van der Waals surface area contributed by atoms with Gasteiger partial charge < -0.3 is 15.3 Å². The van der Waals surface area contributed by atoms with E-state index in [1.807, 2.05) is 0 Å². The van der Waals surface area contributed by atoms with Crippen LogP contribution in [0.15, 0.2) is 18.2 Å². The van der Waals surface area contributed by atoms with Crippen molar-refractivity contribution in [1.82, 2.24) is 10.2 Å². The van der Waals surface area contributed by atoms with Gasteiger partial charge in [0, 0.05) is 19.6 Å². The van der Waals surface area contributed by atoms with Crippen LogP contribution in [0.25, 0.3) is 0 Å². The summed E-state index contributed by atoms with van der Waals surface area (Å²) in [5.74, 6) is -1.90. The highest BCUT2D eigenvalue weighted by atomic mass is 19.1. The monoisotopic (exact) mass is 280 g/mol. The first-order valence-electron chi connectivity index (χ1n) is 7.11. The largest absolute Gasteiger partial charge is 0.478 e. The van der Waals surface area contributed by atoms with Gasteiger partial charge in [0.1, 0.15) is 5.82 Å². The molecule has 0 aromatic heterocycles. The Hall–Kier alpha value is -1.46. The number of carboxylic acid groups (broad SMARTS) is 1. The molecular weight excluding hydrogens is 259 g/mol. The molecule has 1 saturated heterocycles. The second-order valence-corrected chi connectivity index (χ2v) is 5.20. The molecule has 110 valence electrons. The second-order valence-electron chi connectivity index (χ2n) is 5.20. The Morgan fingerprint density at radius 3 is 2.70 bits per heavy atom. The summed E-state index contributed by atoms with van der Waals surface area (Å²) in [5.41, 5.74) is 0.494. The highest BCUT2D eigenvalue weighted by Gasteiger charge is 2.11. The van der Waals surface area contributed by atoms with E-state index in [0.29, 0.717) is 6.54 Å². The van der Waals surface area contributed by atoms with Crippen LogP contribution < -0.4 is 5.32 Å². The van der Waals surface area contributed by atoms with Crippen molar-refractivity contribution in [2.24, 2.45) is 0 Å². The van der Waals surface area contributed by atoms with Gasteiger partial charge in [-0.3, -0.25) is 0 Å². The number of piperidine rings is 1. The lowest BCUT2D eigenvalue weighted by Gasteiger charge is -2.26. The van der Waals surface area contributed by atoms with Crippen LogP contribution in [0.2, 0.25) is 0 Å². The molecule has 20 heavy (non-hydrogen) atoms. The molecule has 2 N–H and O–H groups in total. The summed E-state index contributed by atoms with van der Waals surface area (Å²) in [6.45, 7) is 4.77. The van der Waals surface area contributed by atoms with Crippen molar-refractivity contribution in [3.05, 3.63) is 35.1 Å². The summed E-state index contributed by atoms with van der Waals surface area (Å²) < 4.78 is 13.5. The molecule has 1 heterocycles. The standard InChI is InChI=1S/C15H21FN2O2/c16-14-10-12(4-5-13(14)15(19)20)11-17-6-9-18-7-2-1-3-8-18/h4-5,10,17H,1-3,6-9,11H2,(H,19,20). The fourth-order valence-corrected chi connectivity index (χ4v) is 2.49. The number of aromatic carboxylic acids is 1. The number of nitrogens with zero attached hydrogens (tertiary/aromatic N) is 1. The average molecular weight is 280 g/mol. The topological polar surface area (TPSA) is 52.6 Å². The van der Waals surface area contributed by atoms with Crippen LogP contribution in [0.3, 0.4) is 0 Å². The summed E-state index contributed by atoms with van der Waals surface area (Å²) in [4.78, 5) is 13.1. The van der Waals surface area contributed by atoms with Crippen LogP contribution in [-0.4, -0.2) is 42.2 Å². The maximum absolute atomic E-state index is 13.5. The fraction of sp³-hybridized carbons (Fsp3) is 0.533.